The molecule has 7 heteroatoms. The second-order valence-corrected chi connectivity index (χ2v) is 7.41. The van der Waals surface area contributed by atoms with E-state index in [-0.39, 0.29) is 23.0 Å². The van der Waals surface area contributed by atoms with Gasteiger partial charge in [-0.05, 0) is 74.4 Å². The summed E-state index contributed by atoms with van der Waals surface area (Å²) < 4.78 is 5.72. The summed E-state index contributed by atoms with van der Waals surface area (Å²) in [7, 11) is 0. The van der Waals surface area contributed by atoms with Gasteiger partial charge in [0.15, 0.2) is 5.11 Å². The van der Waals surface area contributed by atoms with Gasteiger partial charge in [0, 0.05) is 23.4 Å². The lowest BCUT2D eigenvalue weighted by molar-refractivity contribution is -0.116. The van der Waals surface area contributed by atoms with Crippen LogP contribution >= 0.6 is 12.2 Å². The van der Waals surface area contributed by atoms with Crippen molar-refractivity contribution < 1.29 is 14.3 Å². The molecule has 0 radical (unpaired) electrons. The molecule has 0 aliphatic rings. The van der Waals surface area contributed by atoms with Crippen molar-refractivity contribution in [3.05, 3.63) is 54.1 Å². The SMILES string of the molecule is CCCCC(=O)Nc1cccc(NC(=S)NC(=O)c2ccc(OC(C)CC)cc2)c1. The summed E-state index contributed by atoms with van der Waals surface area (Å²) in [6.45, 7) is 6.09. The third kappa shape index (κ3) is 7.83. The number of hydrogen-bond acceptors (Lipinski definition) is 4. The van der Waals surface area contributed by atoms with Crippen LogP contribution in [0, 0.1) is 0 Å². The Balaban J connectivity index is 1.90. The molecule has 3 N–H and O–H groups in total. The zero-order valence-corrected chi connectivity index (χ0v) is 18.5. The summed E-state index contributed by atoms with van der Waals surface area (Å²) in [5.41, 5.74) is 1.82. The van der Waals surface area contributed by atoms with Gasteiger partial charge in [-0.2, -0.15) is 0 Å². The monoisotopic (exact) mass is 427 g/mol. The minimum atomic E-state index is -0.313. The first-order chi connectivity index (χ1) is 14.4. The number of ether oxygens (including phenoxy) is 1. The molecule has 0 aromatic heterocycles. The Morgan fingerprint density at radius 2 is 1.70 bits per heavy atom. The smallest absolute Gasteiger partial charge is 0.257 e. The number of anilines is 2. The van der Waals surface area contributed by atoms with Gasteiger partial charge in [-0.1, -0.05) is 26.3 Å². The maximum Gasteiger partial charge on any atom is 0.257 e. The van der Waals surface area contributed by atoms with Gasteiger partial charge in [-0.25, -0.2) is 0 Å². The van der Waals surface area contributed by atoms with Crippen molar-refractivity contribution in [2.75, 3.05) is 10.6 Å². The summed E-state index contributed by atoms with van der Waals surface area (Å²) in [6.07, 6.45) is 3.34. The van der Waals surface area contributed by atoms with Crippen LogP contribution in [0.5, 0.6) is 5.75 Å². The van der Waals surface area contributed by atoms with E-state index in [1.165, 1.54) is 0 Å². The number of amides is 2. The van der Waals surface area contributed by atoms with E-state index < -0.39 is 0 Å². The van der Waals surface area contributed by atoms with Crippen LogP contribution in [-0.4, -0.2) is 23.0 Å². The molecule has 2 amide bonds. The molecule has 30 heavy (non-hydrogen) atoms. The van der Waals surface area contributed by atoms with E-state index in [9.17, 15) is 9.59 Å². The van der Waals surface area contributed by atoms with Gasteiger partial charge >= 0.3 is 0 Å². The van der Waals surface area contributed by atoms with E-state index in [1.807, 2.05) is 13.8 Å². The highest BCUT2D eigenvalue weighted by molar-refractivity contribution is 7.80. The topological polar surface area (TPSA) is 79.5 Å². The van der Waals surface area contributed by atoms with E-state index in [4.69, 9.17) is 17.0 Å². The minimum Gasteiger partial charge on any atom is -0.491 e. The molecular formula is C23H29N3O3S. The summed E-state index contributed by atoms with van der Waals surface area (Å²) >= 11 is 5.24. The lowest BCUT2D eigenvalue weighted by Gasteiger charge is -2.13. The quantitative estimate of drug-likeness (QED) is 0.484. The van der Waals surface area contributed by atoms with Crippen LogP contribution < -0.4 is 20.7 Å². The largest absolute Gasteiger partial charge is 0.491 e. The van der Waals surface area contributed by atoms with Crippen molar-refractivity contribution in [3.8, 4) is 5.75 Å². The van der Waals surface area contributed by atoms with Crippen LogP contribution in [0.3, 0.4) is 0 Å². The Bertz CT molecular complexity index is 868. The second kappa shape index (κ2) is 11.9. The van der Waals surface area contributed by atoms with Crippen molar-refractivity contribution in [3.63, 3.8) is 0 Å². The number of benzene rings is 2. The second-order valence-electron chi connectivity index (χ2n) is 7.00. The molecule has 2 aromatic rings. The Hall–Kier alpha value is -2.93. The summed E-state index contributed by atoms with van der Waals surface area (Å²) in [6, 6.07) is 14.1. The van der Waals surface area contributed by atoms with Gasteiger partial charge in [0.25, 0.3) is 5.91 Å². The molecule has 0 spiro atoms. The Labute approximate surface area is 183 Å². The molecular weight excluding hydrogens is 398 g/mol. The molecule has 0 saturated heterocycles. The average Bonchev–Trinajstić information content (AvgIpc) is 2.72. The fourth-order valence-corrected chi connectivity index (χ4v) is 2.78. The third-order valence-corrected chi connectivity index (χ3v) is 4.62. The van der Waals surface area contributed by atoms with Crippen LogP contribution in [0.25, 0.3) is 0 Å². The first-order valence-electron chi connectivity index (χ1n) is 10.2. The zero-order valence-electron chi connectivity index (χ0n) is 17.7. The number of hydrogen-bond donors (Lipinski definition) is 3. The van der Waals surface area contributed by atoms with Crippen molar-refractivity contribution >= 4 is 40.5 Å². The first-order valence-corrected chi connectivity index (χ1v) is 10.6. The van der Waals surface area contributed by atoms with Gasteiger partial charge in [0.05, 0.1) is 6.10 Å². The highest BCUT2D eigenvalue weighted by atomic mass is 32.1. The fraction of sp³-hybridized carbons (Fsp3) is 0.348. The first kappa shape index (κ1) is 23.3. The molecule has 2 aromatic carbocycles. The molecule has 2 rings (SSSR count). The molecule has 1 unspecified atom stereocenters. The molecule has 1 atom stereocenters. The van der Waals surface area contributed by atoms with Gasteiger partial charge in [0.2, 0.25) is 5.91 Å². The Kier molecular flexibility index (Phi) is 9.28. The predicted molar refractivity (Wildman–Crippen MR) is 125 cm³/mol. The summed E-state index contributed by atoms with van der Waals surface area (Å²) in [5.74, 6) is 0.386. The van der Waals surface area contributed by atoms with E-state index in [2.05, 4.69) is 22.9 Å². The Morgan fingerprint density at radius 1 is 1.03 bits per heavy atom. The predicted octanol–water partition coefficient (Wildman–Crippen LogP) is 5.12. The summed E-state index contributed by atoms with van der Waals surface area (Å²) in [5, 5.41) is 8.66. The average molecular weight is 428 g/mol. The van der Waals surface area contributed by atoms with E-state index >= 15 is 0 Å². The lowest BCUT2D eigenvalue weighted by atomic mass is 10.2. The van der Waals surface area contributed by atoms with Crippen molar-refractivity contribution in [2.45, 2.75) is 52.6 Å². The number of thiocarbonyl (C=S) groups is 1. The molecule has 0 saturated carbocycles. The van der Waals surface area contributed by atoms with E-state index in [0.29, 0.717) is 23.4 Å². The van der Waals surface area contributed by atoms with Gasteiger partial charge < -0.3 is 15.4 Å². The lowest BCUT2D eigenvalue weighted by Crippen LogP contribution is -2.34. The van der Waals surface area contributed by atoms with Crippen molar-refractivity contribution in [1.29, 1.82) is 0 Å². The Morgan fingerprint density at radius 3 is 2.33 bits per heavy atom. The number of unbranched alkanes of at least 4 members (excludes halogenated alkanes) is 1. The maximum absolute atomic E-state index is 12.4. The van der Waals surface area contributed by atoms with Crippen LogP contribution in [0.2, 0.25) is 0 Å². The minimum absolute atomic E-state index is 0.0226. The van der Waals surface area contributed by atoms with E-state index in [1.54, 1.807) is 48.5 Å². The standard InChI is InChI=1S/C23H29N3O3S/c1-4-6-10-21(27)24-18-8-7-9-19(15-18)25-23(30)26-22(28)17-11-13-20(14-12-17)29-16(3)5-2/h7-9,11-16H,4-6,10H2,1-3H3,(H,24,27)(H2,25,26,28,30). The third-order valence-electron chi connectivity index (χ3n) is 4.42. The molecule has 0 heterocycles. The molecule has 0 fully saturated rings. The maximum atomic E-state index is 12.4. The molecule has 0 aliphatic carbocycles. The summed E-state index contributed by atoms with van der Waals surface area (Å²) in [4.78, 5) is 24.3. The van der Waals surface area contributed by atoms with Crippen LogP contribution in [0.4, 0.5) is 11.4 Å². The van der Waals surface area contributed by atoms with Crippen LogP contribution in [0.1, 0.15) is 56.8 Å². The molecule has 6 nitrogen and oxygen atoms in total. The van der Waals surface area contributed by atoms with Crippen molar-refractivity contribution in [2.24, 2.45) is 0 Å². The highest BCUT2D eigenvalue weighted by Gasteiger charge is 2.10. The van der Waals surface area contributed by atoms with Gasteiger partial charge in [-0.3, -0.25) is 14.9 Å². The zero-order chi connectivity index (χ0) is 21.9. The van der Waals surface area contributed by atoms with Crippen LogP contribution in [-0.2, 0) is 4.79 Å². The number of rotatable bonds is 9. The van der Waals surface area contributed by atoms with Crippen molar-refractivity contribution in [1.82, 2.24) is 5.32 Å². The number of carbonyl (C=O) groups excluding carboxylic acids is 2. The van der Waals surface area contributed by atoms with Crippen LogP contribution in [0.15, 0.2) is 48.5 Å². The number of carbonyl (C=O) groups is 2. The fourth-order valence-electron chi connectivity index (χ4n) is 2.57. The van der Waals surface area contributed by atoms with Gasteiger partial charge in [-0.15, -0.1) is 0 Å². The molecule has 160 valence electrons. The molecule has 0 bridgehead atoms. The normalized spacial score (nSPS) is 11.3. The van der Waals surface area contributed by atoms with Gasteiger partial charge in [0.1, 0.15) is 5.75 Å². The highest BCUT2D eigenvalue weighted by Crippen LogP contribution is 2.17. The number of nitrogens with one attached hydrogen (secondary N) is 3. The molecule has 0 aliphatic heterocycles. The van der Waals surface area contributed by atoms with E-state index in [0.717, 1.165) is 25.0 Å².